The summed E-state index contributed by atoms with van der Waals surface area (Å²) < 4.78 is 40.0. The second kappa shape index (κ2) is 10.5. The van der Waals surface area contributed by atoms with E-state index in [9.17, 15) is 23.1 Å². The molecule has 0 radical (unpaired) electrons. The third-order valence-corrected chi connectivity index (χ3v) is 6.85. The molecule has 0 bridgehead atoms. The van der Waals surface area contributed by atoms with Gasteiger partial charge in [0.2, 0.25) is 5.95 Å². The van der Waals surface area contributed by atoms with Gasteiger partial charge in [0.1, 0.15) is 11.9 Å². The molecular formula is C24H32F3N7O2. The number of nitrogens with one attached hydrogen (secondary N) is 2. The molecule has 0 spiro atoms. The number of anilines is 3. The van der Waals surface area contributed by atoms with Crippen molar-refractivity contribution in [2.75, 3.05) is 55.8 Å². The van der Waals surface area contributed by atoms with Crippen LogP contribution < -0.4 is 15.5 Å². The number of amides is 1. The molecule has 9 nitrogen and oxygen atoms in total. The molecule has 4 rings (SSSR count). The molecule has 0 saturated carbocycles. The summed E-state index contributed by atoms with van der Waals surface area (Å²) in [5, 5.41) is 16.2. The van der Waals surface area contributed by atoms with Crippen LogP contribution >= 0.6 is 0 Å². The highest BCUT2D eigenvalue weighted by molar-refractivity contribution is 5.80. The van der Waals surface area contributed by atoms with Crippen LogP contribution in [0.5, 0.6) is 0 Å². The number of aliphatic hydroxyl groups excluding tert-OH is 1. The number of nitrogens with zero attached hydrogens (tertiary/aromatic N) is 5. The van der Waals surface area contributed by atoms with Crippen LogP contribution in [0.3, 0.4) is 0 Å². The van der Waals surface area contributed by atoms with Crippen LogP contribution in [0.25, 0.3) is 0 Å². The Morgan fingerprint density at radius 3 is 2.64 bits per heavy atom. The number of alkyl halides is 3. The van der Waals surface area contributed by atoms with E-state index in [-0.39, 0.29) is 5.91 Å². The van der Waals surface area contributed by atoms with Gasteiger partial charge in [-0.3, -0.25) is 4.79 Å². The summed E-state index contributed by atoms with van der Waals surface area (Å²) in [7, 11) is 3.68. The summed E-state index contributed by atoms with van der Waals surface area (Å²) in [6.45, 7) is 3.95. The zero-order valence-electron chi connectivity index (χ0n) is 20.6. The first-order valence-corrected chi connectivity index (χ1v) is 12.1. The number of halogens is 3. The maximum Gasteiger partial charge on any atom is 0.417 e. The quantitative estimate of drug-likeness (QED) is 0.525. The topological polar surface area (TPSA) is 107 Å². The molecule has 3 N–H and O–H groups in total. The van der Waals surface area contributed by atoms with Crippen molar-refractivity contribution in [2.24, 2.45) is 5.92 Å². The van der Waals surface area contributed by atoms with E-state index < -0.39 is 23.8 Å². The monoisotopic (exact) mass is 507 g/mol. The Morgan fingerprint density at radius 1 is 1.28 bits per heavy atom. The number of piperidine rings is 1. The molecule has 1 unspecified atom stereocenters. The largest absolute Gasteiger partial charge is 0.417 e. The fourth-order valence-electron chi connectivity index (χ4n) is 4.66. The van der Waals surface area contributed by atoms with E-state index in [1.807, 2.05) is 19.0 Å². The highest BCUT2D eigenvalue weighted by atomic mass is 19.4. The number of likely N-dealkylation sites (tertiary alicyclic amines) is 1. The minimum atomic E-state index is -4.48. The Labute approximate surface area is 208 Å². The maximum absolute atomic E-state index is 13.3. The molecule has 0 aromatic carbocycles. The number of hydrogen-bond acceptors (Lipinski definition) is 8. The number of hydrogen-bond donors (Lipinski definition) is 3. The SMILES string of the molecule is CC[C@H](O)C(=O)N1CCC(CNc2ncc(N(C)C)c(C3CNc4ncc(C(F)(F)F)cc43)n2)CC1. The number of aromatic nitrogens is 3. The van der Waals surface area contributed by atoms with Crippen molar-refractivity contribution in [2.45, 2.75) is 44.4 Å². The first kappa shape index (κ1) is 25.9. The van der Waals surface area contributed by atoms with Crippen molar-refractivity contribution in [3.8, 4) is 0 Å². The lowest BCUT2D eigenvalue weighted by Gasteiger charge is -2.33. The lowest BCUT2D eigenvalue weighted by molar-refractivity contribution is -0.141. The zero-order chi connectivity index (χ0) is 26.0. The van der Waals surface area contributed by atoms with E-state index in [2.05, 4.69) is 20.6 Å². The van der Waals surface area contributed by atoms with Gasteiger partial charge in [-0.1, -0.05) is 6.92 Å². The van der Waals surface area contributed by atoms with Crippen LogP contribution in [-0.2, 0) is 11.0 Å². The Bertz CT molecular complexity index is 1090. The van der Waals surface area contributed by atoms with Crippen LogP contribution in [0, 0.1) is 5.92 Å². The Morgan fingerprint density at radius 2 is 2.00 bits per heavy atom. The minimum absolute atomic E-state index is 0.218. The maximum atomic E-state index is 13.3. The van der Waals surface area contributed by atoms with Gasteiger partial charge >= 0.3 is 6.18 Å². The van der Waals surface area contributed by atoms with E-state index in [1.165, 1.54) is 0 Å². The minimum Gasteiger partial charge on any atom is -0.383 e. The summed E-state index contributed by atoms with van der Waals surface area (Å²) in [6, 6.07) is 1.15. The molecule has 2 aliphatic rings. The lowest BCUT2D eigenvalue weighted by Crippen LogP contribution is -2.44. The molecule has 2 atom stereocenters. The van der Waals surface area contributed by atoms with E-state index >= 15 is 0 Å². The first-order valence-electron chi connectivity index (χ1n) is 12.1. The van der Waals surface area contributed by atoms with Gasteiger partial charge in [-0.05, 0) is 31.2 Å². The molecule has 4 heterocycles. The van der Waals surface area contributed by atoms with Gasteiger partial charge in [-0.2, -0.15) is 13.2 Å². The predicted octanol–water partition coefficient (Wildman–Crippen LogP) is 2.94. The summed E-state index contributed by atoms with van der Waals surface area (Å²) in [4.78, 5) is 28.9. The number of carbonyl (C=O) groups excluding carboxylic acids is 1. The van der Waals surface area contributed by atoms with Crippen molar-refractivity contribution in [3.63, 3.8) is 0 Å². The first-order chi connectivity index (χ1) is 17.1. The molecule has 12 heteroatoms. The van der Waals surface area contributed by atoms with Crippen molar-refractivity contribution in [3.05, 3.63) is 35.3 Å². The highest BCUT2D eigenvalue weighted by Gasteiger charge is 2.36. The lowest BCUT2D eigenvalue weighted by atomic mass is 9.96. The van der Waals surface area contributed by atoms with Crippen LogP contribution in [-0.4, -0.2) is 77.2 Å². The van der Waals surface area contributed by atoms with E-state index in [0.717, 1.165) is 30.8 Å². The Kier molecular flexibility index (Phi) is 7.53. The van der Waals surface area contributed by atoms with Gasteiger partial charge in [-0.25, -0.2) is 15.0 Å². The fraction of sp³-hybridized carbons (Fsp3) is 0.583. The second-order valence-electron chi connectivity index (χ2n) is 9.53. The van der Waals surface area contributed by atoms with Crippen molar-refractivity contribution >= 4 is 23.4 Å². The van der Waals surface area contributed by atoms with Gasteiger partial charge in [0, 0.05) is 58.0 Å². The average molecular weight is 508 g/mol. The molecule has 2 aromatic heterocycles. The predicted molar refractivity (Wildman–Crippen MR) is 130 cm³/mol. The second-order valence-corrected chi connectivity index (χ2v) is 9.53. The smallest absolute Gasteiger partial charge is 0.383 e. The van der Waals surface area contributed by atoms with E-state index in [0.29, 0.717) is 61.5 Å². The number of fused-ring (bicyclic) bond motifs is 1. The van der Waals surface area contributed by atoms with Gasteiger partial charge in [-0.15, -0.1) is 0 Å². The molecule has 36 heavy (non-hydrogen) atoms. The molecule has 1 fully saturated rings. The van der Waals surface area contributed by atoms with E-state index in [1.54, 1.807) is 18.0 Å². The molecule has 1 saturated heterocycles. The van der Waals surface area contributed by atoms with Crippen molar-refractivity contribution in [1.29, 1.82) is 0 Å². The third kappa shape index (κ3) is 5.48. The molecule has 1 amide bonds. The van der Waals surface area contributed by atoms with Gasteiger partial charge in [0.25, 0.3) is 5.91 Å². The van der Waals surface area contributed by atoms with E-state index in [4.69, 9.17) is 4.98 Å². The molecule has 196 valence electrons. The van der Waals surface area contributed by atoms with Crippen LogP contribution in [0.2, 0.25) is 0 Å². The van der Waals surface area contributed by atoms with Gasteiger partial charge < -0.3 is 25.5 Å². The average Bonchev–Trinajstić information content (AvgIpc) is 3.29. The normalized spacial score (nSPS) is 19.0. The molecule has 0 aliphatic carbocycles. The van der Waals surface area contributed by atoms with Crippen LogP contribution in [0.15, 0.2) is 18.5 Å². The molecule has 2 aliphatic heterocycles. The van der Waals surface area contributed by atoms with Gasteiger partial charge in [0.05, 0.1) is 23.1 Å². The summed E-state index contributed by atoms with van der Waals surface area (Å²) >= 11 is 0. The number of rotatable bonds is 7. The number of aliphatic hydroxyl groups is 1. The third-order valence-electron chi connectivity index (χ3n) is 6.85. The Balaban J connectivity index is 1.48. The number of carbonyl (C=O) groups is 1. The zero-order valence-corrected chi connectivity index (χ0v) is 20.6. The number of pyridine rings is 1. The van der Waals surface area contributed by atoms with Crippen molar-refractivity contribution in [1.82, 2.24) is 19.9 Å². The van der Waals surface area contributed by atoms with Crippen LogP contribution in [0.1, 0.15) is 48.9 Å². The fourth-order valence-corrected chi connectivity index (χ4v) is 4.66. The standard InChI is InChI=1S/C24H32F3N7O2/c1-4-19(35)22(36)34-7-5-14(6-8-34)10-30-23-31-13-18(33(2)3)20(32-23)17-12-29-21-16(17)9-15(11-28-21)24(25,26)27/h9,11,13-14,17,19,35H,4-8,10,12H2,1-3H3,(H,28,29)(H,30,31,32)/t17?,19-/m0/s1. The van der Waals surface area contributed by atoms with Crippen molar-refractivity contribution < 1.29 is 23.1 Å². The highest BCUT2D eigenvalue weighted by Crippen LogP contribution is 2.40. The summed E-state index contributed by atoms with van der Waals surface area (Å²) in [6.07, 6.45) is -0.913. The molecule has 2 aromatic rings. The molecular weight excluding hydrogens is 475 g/mol. The summed E-state index contributed by atoms with van der Waals surface area (Å²) in [5.74, 6) is 0.518. The van der Waals surface area contributed by atoms with Gasteiger partial charge in [0.15, 0.2) is 0 Å². The Hall–Kier alpha value is -3.15. The summed E-state index contributed by atoms with van der Waals surface area (Å²) in [5.41, 5.74) is 1.02. The van der Waals surface area contributed by atoms with Crippen LogP contribution in [0.4, 0.5) is 30.6 Å².